The van der Waals surface area contributed by atoms with Crippen LogP contribution in [0.4, 0.5) is 0 Å². The Labute approximate surface area is 119 Å². The molecule has 2 aliphatic carbocycles. The van der Waals surface area contributed by atoms with E-state index in [9.17, 15) is 4.79 Å². The molecule has 1 fully saturated rings. The molecule has 3 nitrogen and oxygen atoms in total. The van der Waals surface area contributed by atoms with Gasteiger partial charge in [-0.05, 0) is 58.1 Å². The van der Waals surface area contributed by atoms with E-state index in [-0.39, 0.29) is 17.5 Å². The Kier molecular flexibility index (Phi) is 2.68. The summed E-state index contributed by atoms with van der Waals surface area (Å²) < 4.78 is 0. The summed E-state index contributed by atoms with van der Waals surface area (Å²) in [5.41, 5.74) is 7.69. The minimum atomic E-state index is -0.397. The van der Waals surface area contributed by atoms with Crippen LogP contribution in [-0.4, -0.2) is 22.4 Å². The molecule has 1 amide bonds. The molecule has 19 heavy (non-hydrogen) atoms. The molecular formula is C15H21ClN2O. The predicted octanol–water partition coefficient (Wildman–Crippen LogP) is 2.91. The molecule has 1 saturated carbocycles. The van der Waals surface area contributed by atoms with Crippen LogP contribution in [0, 0.1) is 5.41 Å². The SMILES string of the molecule is CC1(C)C(=O)N(C2(C)CC(N)C2)C2=C1CCC(Cl)=C2. The Bertz CT molecular complexity index is 512. The lowest BCUT2D eigenvalue weighted by Crippen LogP contribution is -2.61. The normalized spacial score (nSPS) is 37.1. The van der Waals surface area contributed by atoms with Crippen LogP contribution in [0.3, 0.4) is 0 Å². The summed E-state index contributed by atoms with van der Waals surface area (Å²) in [6.07, 6.45) is 5.47. The number of halogens is 1. The van der Waals surface area contributed by atoms with Crippen molar-refractivity contribution in [2.45, 2.75) is 58.0 Å². The van der Waals surface area contributed by atoms with Gasteiger partial charge in [-0.15, -0.1) is 0 Å². The third-order valence-corrected chi connectivity index (χ3v) is 5.19. The molecule has 2 N–H and O–H groups in total. The number of carbonyl (C=O) groups excluding carboxylic acids is 1. The number of hydrogen-bond donors (Lipinski definition) is 1. The molecule has 3 aliphatic rings. The van der Waals surface area contributed by atoms with E-state index in [1.54, 1.807) is 0 Å². The highest BCUT2D eigenvalue weighted by atomic mass is 35.5. The molecule has 4 heteroatoms. The van der Waals surface area contributed by atoms with Crippen LogP contribution in [0.2, 0.25) is 0 Å². The van der Waals surface area contributed by atoms with Gasteiger partial charge >= 0.3 is 0 Å². The molecule has 0 radical (unpaired) electrons. The van der Waals surface area contributed by atoms with E-state index >= 15 is 0 Å². The van der Waals surface area contributed by atoms with Crippen LogP contribution in [0.15, 0.2) is 22.4 Å². The van der Waals surface area contributed by atoms with E-state index < -0.39 is 5.41 Å². The topological polar surface area (TPSA) is 46.3 Å². The number of rotatable bonds is 1. The third-order valence-electron chi connectivity index (χ3n) is 4.89. The maximum absolute atomic E-state index is 12.8. The molecule has 0 aromatic rings. The average Bonchev–Trinajstić information content (AvgIpc) is 2.45. The number of nitrogens with zero attached hydrogens (tertiary/aromatic N) is 1. The monoisotopic (exact) mass is 280 g/mol. The molecule has 0 spiro atoms. The minimum absolute atomic E-state index is 0.129. The van der Waals surface area contributed by atoms with E-state index in [2.05, 4.69) is 6.92 Å². The summed E-state index contributed by atoms with van der Waals surface area (Å²) in [6.45, 7) is 6.19. The van der Waals surface area contributed by atoms with Crippen molar-refractivity contribution >= 4 is 17.5 Å². The van der Waals surface area contributed by atoms with E-state index in [0.717, 1.165) is 36.4 Å². The summed E-state index contributed by atoms with van der Waals surface area (Å²) in [7, 11) is 0. The Balaban J connectivity index is 2.06. The highest BCUT2D eigenvalue weighted by molar-refractivity contribution is 6.30. The van der Waals surface area contributed by atoms with Crippen LogP contribution in [0.25, 0.3) is 0 Å². The molecule has 1 aliphatic heterocycles. The number of carbonyl (C=O) groups is 1. The highest BCUT2D eigenvalue weighted by Gasteiger charge is 2.55. The summed E-state index contributed by atoms with van der Waals surface area (Å²) in [4.78, 5) is 14.8. The molecule has 0 aromatic carbocycles. The van der Waals surface area contributed by atoms with Gasteiger partial charge in [0.05, 0.1) is 5.41 Å². The first-order valence-corrected chi connectivity index (χ1v) is 7.33. The minimum Gasteiger partial charge on any atom is -0.328 e. The summed E-state index contributed by atoms with van der Waals surface area (Å²) >= 11 is 6.19. The fourth-order valence-corrected chi connectivity index (χ4v) is 4.02. The zero-order valence-corrected chi connectivity index (χ0v) is 12.5. The Morgan fingerprint density at radius 3 is 2.53 bits per heavy atom. The van der Waals surface area contributed by atoms with Gasteiger partial charge in [-0.25, -0.2) is 0 Å². The van der Waals surface area contributed by atoms with Gasteiger partial charge in [0.25, 0.3) is 0 Å². The Morgan fingerprint density at radius 1 is 1.32 bits per heavy atom. The quantitative estimate of drug-likeness (QED) is 0.803. The van der Waals surface area contributed by atoms with E-state index in [4.69, 9.17) is 17.3 Å². The van der Waals surface area contributed by atoms with E-state index in [1.807, 2.05) is 24.8 Å². The van der Waals surface area contributed by atoms with Gasteiger partial charge in [-0.3, -0.25) is 4.79 Å². The third kappa shape index (κ3) is 1.71. The first kappa shape index (κ1) is 13.2. The lowest BCUT2D eigenvalue weighted by atomic mass is 9.72. The Hall–Kier alpha value is -0.800. The summed E-state index contributed by atoms with van der Waals surface area (Å²) in [5, 5.41) is 0.849. The van der Waals surface area contributed by atoms with Crippen molar-refractivity contribution in [2.75, 3.05) is 0 Å². The van der Waals surface area contributed by atoms with Crippen LogP contribution < -0.4 is 5.73 Å². The highest BCUT2D eigenvalue weighted by Crippen LogP contribution is 2.52. The number of amides is 1. The second-order valence-electron chi connectivity index (χ2n) is 6.89. The standard InChI is InChI=1S/C15H21ClN2O/c1-14(2)11-5-4-9(16)6-12(11)18(13(14)19)15(3)7-10(17)8-15/h6,10H,4-5,7-8,17H2,1-3H3. The van der Waals surface area contributed by atoms with Crippen molar-refractivity contribution in [1.82, 2.24) is 4.90 Å². The van der Waals surface area contributed by atoms with Gasteiger partial charge in [0.2, 0.25) is 5.91 Å². The predicted molar refractivity (Wildman–Crippen MR) is 76.4 cm³/mol. The zero-order chi connectivity index (χ0) is 14.0. The van der Waals surface area contributed by atoms with Crippen molar-refractivity contribution < 1.29 is 4.79 Å². The van der Waals surface area contributed by atoms with Crippen molar-refractivity contribution in [3.05, 3.63) is 22.4 Å². The first-order chi connectivity index (χ1) is 8.75. The number of allylic oxidation sites excluding steroid dienone is 2. The molecule has 0 saturated heterocycles. The maximum Gasteiger partial charge on any atom is 0.237 e. The molecule has 0 unspecified atom stereocenters. The lowest BCUT2D eigenvalue weighted by molar-refractivity contribution is -0.141. The maximum atomic E-state index is 12.8. The van der Waals surface area contributed by atoms with Gasteiger partial charge in [-0.2, -0.15) is 0 Å². The van der Waals surface area contributed by atoms with Crippen molar-refractivity contribution in [3.8, 4) is 0 Å². The van der Waals surface area contributed by atoms with Crippen LogP contribution in [0.1, 0.15) is 46.5 Å². The zero-order valence-electron chi connectivity index (χ0n) is 11.8. The largest absolute Gasteiger partial charge is 0.328 e. The second kappa shape index (κ2) is 3.86. The molecular weight excluding hydrogens is 260 g/mol. The smallest absolute Gasteiger partial charge is 0.237 e. The van der Waals surface area contributed by atoms with Gasteiger partial charge in [0.1, 0.15) is 0 Å². The summed E-state index contributed by atoms with van der Waals surface area (Å²) in [5.74, 6) is 0.203. The molecule has 0 atom stereocenters. The lowest BCUT2D eigenvalue weighted by Gasteiger charge is -2.50. The van der Waals surface area contributed by atoms with Gasteiger partial charge in [0.15, 0.2) is 0 Å². The first-order valence-electron chi connectivity index (χ1n) is 6.96. The van der Waals surface area contributed by atoms with Crippen molar-refractivity contribution in [3.63, 3.8) is 0 Å². The second-order valence-corrected chi connectivity index (χ2v) is 7.37. The number of hydrogen-bond acceptors (Lipinski definition) is 2. The van der Waals surface area contributed by atoms with Crippen LogP contribution in [0.5, 0.6) is 0 Å². The van der Waals surface area contributed by atoms with Gasteiger partial charge in [-0.1, -0.05) is 11.6 Å². The van der Waals surface area contributed by atoms with E-state index in [0.29, 0.717) is 0 Å². The van der Waals surface area contributed by atoms with Crippen molar-refractivity contribution in [2.24, 2.45) is 11.1 Å². The van der Waals surface area contributed by atoms with Crippen molar-refractivity contribution in [1.29, 1.82) is 0 Å². The number of nitrogens with two attached hydrogens (primary N) is 1. The van der Waals surface area contributed by atoms with Gasteiger partial charge < -0.3 is 10.6 Å². The molecule has 0 bridgehead atoms. The van der Waals surface area contributed by atoms with Crippen LogP contribution >= 0.6 is 11.6 Å². The molecule has 3 rings (SSSR count). The Morgan fingerprint density at radius 2 is 1.95 bits per heavy atom. The fourth-order valence-electron chi connectivity index (χ4n) is 3.82. The van der Waals surface area contributed by atoms with Gasteiger partial charge in [0, 0.05) is 22.3 Å². The molecule has 104 valence electrons. The summed E-state index contributed by atoms with van der Waals surface area (Å²) in [6, 6.07) is 0.216. The van der Waals surface area contributed by atoms with E-state index in [1.165, 1.54) is 5.57 Å². The average molecular weight is 281 g/mol. The fraction of sp³-hybridized carbons (Fsp3) is 0.667. The molecule has 1 heterocycles. The molecule has 0 aromatic heterocycles. The van der Waals surface area contributed by atoms with Crippen LogP contribution in [-0.2, 0) is 4.79 Å².